The number of carbonyl (C=O) groups excluding carboxylic acids is 1. The summed E-state index contributed by atoms with van der Waals surface area (Å²) in [5.74, 6) is -0.980. The van der Waals surface area contributed by atoms with Crippen LogP contribution in [0, 0.1) is 5.92 Å². The Kier molecular flexibility index (Phi) is 10.5. The summed E-state index contributed by atoms with van der Waals surface area (Å²) in [4.78, 5) is 27.7. The van der Waals surface area contributed by atoms with Gasteiger partial charge < -0.3 is 9.53 Å². The summed E-state index contributed by atoms with van der Waals surface area (Å²) < 4.78 is 7.34. The minimum absolute atomic E-state index is 0.0569. The van der Waals surface area contributed by atoms with Gasteiger partial charge in [-0.15, -0.1) is 0 Å². The zero-order valence-corrected chi connectivity index (χ0v) is 25.6. The number of thioether (sulfide) groups is 1. The molecule has 0 bridgehead atoms. The first-order valence-electron chi connectivity index (χ1n) is 13.1. The molecule has 38 heavy (non-hydrogen) atoms. The number of hydrogen-bond donors (Lipinski definition) is 1. The zero-order valence-electron chi connectivity index (χ0n) is 22.9. The standard InChI is InChI=1S/C30H39NO4S2Si/c1-30(2,3)38(4,5)35-26(18-19-27(32)33)25(17-16-22-12-8-6-9-13-22)28(34)31-24(21-37-29(31)36)20-23-14-10-7-11-15-23/h6-15,18-19,24-26H,16-17,20-21H2,1-5H3,(H,32,33)/b19-18+/t24-,25-,26+/m0/s1. The largest absolute Gasteiger partial charge is 0.478 e. The van der Waals surface area contributed by atoms with E-state index in [4.69, 9.17) is 16.6 Å². The van der Waals surface area contributed by atoms with Gasteiger partial charge in [-0.3, -0.25) is 9.69 Å². The van der Waals surface area contributed by atoms with Crippen molar-refractivity contribution in [2.75, 3.05) is 5.75 Å². The predicted octanol–water partition coefficient (Wildman–Crippen LogP) is 6.74. The van der Waals surface area contributed by atoms with Gasteiger partial charge in [0.1, 0.15) is 4.32 Å². The van der Waals surface area contributed by atoms with Crippen LogP contribution in [0.4, 0.5) is 0 Å². The first kappa shape index (κ1) is 30.3. The Morgan fingerprint density at radius 1 is 1.11 bits per heavy atom. The maximum atomic E-state index is 14.4. The second-order valence-electron chi connectivity index (χ2n) is 11.3. The summed E-state index contributed by atoms with van der Waals surface area (Å²) in [6.07, 6.45) is 3.91. The smallest absolute Gasteiger partial charge is 0.328 e. The van der Waals surface area contributed by atoms with E-state index in [1.54, 1.807) is 11.0 Å². The highest BCUT2D eigenvalue weighted by atomic mass is 32.2. The minimum Gasteiger partial charge on any atom is -0.478 e. The Morgan fingerprint density at radius 3 is 2.24 bits per heavy atom. The molecule has 8 heteroatoms. The minimum atomic E-state index is -2.34. The van der Waals surface area contributed by atoms with Gasteiger partial charge in [-0.25, -0.2) is 4.79 Å². The van der Waals surface area contributed by atoms with Crippen LogP contribution in [0.1, 0.15) is 38.3 Å². The molecule has 0 radical (unpaired) electrons. The highest BCUT2D eigenvalue weighted by Gasteiger charge is 2.44. The van der Waals surface area contributed by atoms with Crippen LogP contribution in [-0.4, -0.2) is 52.4 Å². The summed E-state index contributed by atoms with van der Waals surface area (Å²) in [6, 6.07) is 20.1. The number of nitrogens with zero attached hydrogens (tertiary/aromatic N) is 1. The number of carboxylic acid groups (broad SMARTS) is 1. The Bertz CT molecular complexity index is 1130. The number of rotatable bonds is 11. The van der Waals surface area contributed by atoms with E-state index in [2.05, 4.69) is 46.0 Å². The molecule has 2 aromatic rings. The first-order valence-corrected chi connectivity index (χ1v) is 17.4. The third-order valence-electron chi connectivity index (χ3n) is 7.48. The van der Waals surface area contributed by atoms with Crippen LogP contribution in [0.5, 0.6) is 0 Å². The third-order valence-corrected chi connectivity index (χ3v) is 13.5. The van der Waals surface area contributed by atoms with Crippen LogP contribution in [0.2, 0.25) is 18.1 Å². The molecule has 5 nitrogen and oxygen atoms in total. The molecule has 204 valence electrons. The van der Waals surface area contributed by atoms with Gasteiger partial charge in [-0.1, -0.05) is 105 Å². The van der Waals surface area contributed by atoms with Gasteiger partial charge in [0, 0.05) is 11.8 Å². The number of aryl methyl sites for hydroxylation is 1. The van der Waals surface area contributed by atoms with E-state index in [1.807, 2.05) is 48.5 Å². The van der Waals surface area contributed by atoms with Crippen LogP contribution >= 0.6 is 24.0 Å². The van der Waals surface area contributed by atoms with Gasteiger partial charge >= 0.3 is 5.97 Å². The number of amides is 1. The molecule has 0 spiro atoms. The van der Waals surface area contributed by atoms with E-state index in [0.717, 1.165) is 23.0 Å². The normalized spacial score (nSPS) is 18.1. The van der Waals surface area contributed by atoms with Crippen molar-refractivity contribution in [3.05, 3.63) is 83.9 Å². The summed E-state index contributed by atoms with van der Waals surface area (Å²) in [6.45, 7) is 10.7. The van der Waals surface area contributed by atoms with Crippen molar-refractivity contribution in [1.29, 1.82) is 0 Å². The van der Waals surface area contributed by atoms with Gasteiger partial charge in [0.2, 0.25) is 5.91 Å². The quantitative estimate of drug-likeness (QED) is 0.184. The molecule has 1 heterocycles. The molecule has 0 aromatic heterocycles. The molecule has 0 unspecified atom stereocenters. The van der Waals surface area contributed by atoms with Gasteiger partial charge in [0.15, 0.2) is 8.32 Å². The Labute approximate surface area is 237 Å². The van der Waals surface area contributed by atoms with Crippen LogP contribution in [0.15, 0.2) is 72.8 Å². The molecule has 0 saturated carbocycles. The van der Waals surface area contributed by atoms with Crippen molar-refractivity contribution in [1.82, 2.24) is 4.90 Å². The van der Waals surface area contributed by atoms with E-state index >= 15 is 0 Å². The van der Waals surface area contributed by atoms with Crippen molar-refractivity contribution >= 4 is 48.5 Å². The van der Waals surface area contributed by atoms with Crippen LogP contribution in [0.25, 0.3) is 0 Å². The lowest BCUT2D eigenvalue weighted by atomic mass is 9.91. The van der Waals surface area contributed by atoms with Crippen LogP contribution in [-0.2, 0) is 26.9 Å². The number of carboxylic acids is 1. The number of aliphatic carboxylic acids is 1. The highest BCUT2D eigenvalue weighted by molar-refractivity contribution is 8.23. The maximum Gasteiger partial charge on any atom is 0.328 e. The van der Waals surface area contributed by atoms with E-state index in [1.165, 1.54) is 11.8 Å². The molecule has 1 saturated heterocycles. The fourth-order valence-corrected chi connectivity index (χ4v) is 6.99. The molecular weight excluding hydrogens is 531 g/mol. The lowest BCUT2D eigenvalue weighted by Crippen LogP contribution is -2.50. The van der Waals surface area contributed by atoms with Gasteiger partial charge in [0.05, 0.1) is 18.1 Å². The third kappa shape index (κ3) is 8.12. The van der Waals surface area contributed by atoms with Crippen molar-refractivity contribution < 1.29 is 19.1 Å². The van der Waals surface area contributed by atoms with Crippen molar-refractivity contribution in [3.63, 3.8) is 0 Å². The SMILES string of the molecule is CC(C)(C)[Si](C)(C)O[C@H](/C=C/C(=O)O)[C@H](CCc1ccccc1)C(=O)N1C(=S)SC[C@@H]1Cc1ccccc1. The number of thiocarbonyl (C=S) groups is 1. The fraction of sp³-hybridized carbons (Fsp3) is 0.433. The lowest BCUT2D eigenvalue weighted by molar-refractivity contribution is -0.135. The molecule has 1 aliphatic heterocycles. The highest BCUT2D eigenvalue weighted by Crippen LogP contribution is 2.39. The summed E-state index contributed by atoms with van der Waals surface area (Å²) in [5, 5.41) is 9.35. The Morgan fingerprint density at radius 2 is 1.68 bits per heavy atom. The van der Waals surface area contributed by atoms with E-state index < -0.39 is 26.3 Å². The summed E-state index contributed by atoms with van der Waals surface area (Å²) >= 11 is 7.22. The predicted molar refractivity (Wildman–Crippen MR) is 163 cm³/mol. The second kappa shape index (κ2) is 13.2. The van der Waals surface area contributed by atoms with Gasteiger partial charge in [-0.05, 0) is 54.6 Å². The Balaban J connectivity index is 1.98. The molecule has 1 fully saturated rings. The van der Waals surface area contributed by atoms with E-state index in [9.17, 15) is 14.7 Å². The van der Waals surface area contributed by atoms with Gasteiger partial charge in [0.25, 0.3) is 0 Å². The van der Waals surface area contributed by atoms with Crippen LogP contribution < -0.4 is 0 Å². The summed E-state index contributed by atoms with van der Waals surface area (Å²) in [7, 11) is -2.34. The number of benzene rings is 2. The molecule has 1 amide bonds. The second-order valence-corrected chi connectivity index (χ2v) is 17.7. The van der Waals surface area contributed by atoms with E-state index in [-0.39, 0.29) is 17.0 Å². The molecule has 3 atom stereocenters. The van der Waals surface area contributed by atoms with E-state index in [0.29, 0.717) is 23.6 Å². The maximum absolute atomic E-state index is 14.4. The first-order chi connectivity index (χ1) is 17.9. The fourth-order valence-electron chi connectivity index (χ4n) is 4.29. The van der Waals surface area contributed by atoms with Crippen molar-refractivity contribution in [2.45, 2.75) is 70.3 Å². The lowest BCUT2D eigenvalue weighted by Gasteiger charge is -2.41. The van der Waals surface area contributed by atoms with Crippen molar-refractivity contribution in [3.8, 4) is 0 Å². The van der Waals surface area contributed by atoms with Crippen molar-refractivity contribution in [2.24, 2.45) is 5.92 Å². The molecule has 1 aliphatic rings. The van der Waals surface area contributed by atoms with Crippen LogP contribution in [0.3, 0.4) is 0 Å². The number of carbonyl (C=O) groups is 2. The summed E-state index contributed by atoms with van der Waals surface area (Å²) in [5.41, 5.74) is 2.28. The topological polar surface area (TPSA) is 66.8 Å². The molecule has 3 rings (SSSR count). The molecule has 2 aromatic carbocycles. The van der Waals surface area contributed by atoms with Gasteiger partial charge in [-0.2, -0.15) is 0 Å². The number of hydrogen-bond acceptors (Lipinski definition) is 5. The monoisotopic (exact) mass is 569 g/mol. The average Bonchev–Trinajstić information content (AvgIpc) is 3.22. The zero-order chi connectivity index (χ0) is 27.9. The molecule has 0 aliphatic carbocycles. The average molecular weight is 570 g/mol. The molecular formula is C30H39NO4S2Si. The molecule has 1 N–H and O–H groups in total. The Hall–Kier alpha value is -2.26.